The Bertz CT molecular complexity index is 449. The predicted molar refractivity (Wildman–Crippen MR) is 70.1 cm³/mol. The monoisotopic (exact) mass is 249 g/mol. The SMILES string of the molecule is CC(C)(C)OC(=O)Oc1ccc2c(c1)CCCN2. The Kier molecular flexibility index (Phi) is 3.45. The van der Waals surface area contributed by atoms with Crippen LogP contribution < -0.4 is 10.1 Å². The van der Waals surface area contributed by atoms with E-state index in [1.54, 1.807) is 6.07 Å². The van der Waals surface area contributed by atoms with Crippen LogP contribution in [0.1, 0.15) is 32.8 Å². The third-order valence-corrected chi connectivity index (χ3v) is 2.61. The topological polar surface area (TPSA) is 47.6 Å². The summed E-state index contributed by atoms with van der Waals surface area (Å²) in [6.45, 7) is 6.43. The van der Waals surface area contributed by atoms with Crippen LogP contribution in [0, 0.1) is 0 Å². The number of benzene rings is 1. The molecular formula is C14H19NO3. The molecule has 4 nitrogen and oxygen atoms in total. The highest BCUT2D eigenvalue weighted by atomic mass is 16.7. The molecule has 2 rings (SSSR count). The van der Waals surface area contributed by atoms with Gasteiger partial charge in [0.2, 0.25) is 0 Å². The van der Waals surface area contributed by atoms with Crippen molar-refractivity contribution in [2.45, 2.75) is 39.2 Å². The first kappa shape index (κ1) is 12.7. The lowest BCUT2D eigenvalue weighted by molar-refractivity contribution is 0.0206. The first-order chi connectivity index (χ1) is 8.44. The molecule has 1 N–H and O–H groups in total. The number of anilines is 1. The fraction of sp³-hybridized carbons (Fsp3) is 0.500. The molecule has 0 amide bonds. The van der Waals surface area contributed by atoms with Crippen molar-refractivity contribution >= 4 is 11.8 Å². The molecule has 1 aromatic rings. The summed E-state index contributed by atoms with van der Waals surface area (Å²) in [5.74, 6) is 0.534. The largest absolute Gasteiger partial charge is 0.514 e. The Morgan fingerprint density at radius 3 is 2.83 bits per heavy atom. The molecule has 0 aliphatic carbocycles. The number of hydrogen-bond acceptors (Lipinski definition) is 4. The van der Waals surface area contributed by atoms with Gasteiger partial charge in [-0.3, -0.25) is 0 Å². The number of fused-ring (bicyclic) bond motifs is 1. The average Bonchev–Trinajstić information content (AvgIpc) is 2.26. The molecule has 0 aromatic heterocycles. The zero-order valence-electron chi connectivity index (χ0n) is 11.1. The summed E-state index contributed by atoms with van der Waals surface area (Å²) in [5, 5.41) is 3.31. The van der Waals surface area contributed by atoms with Crippen LogP contribution in [0.5, 0.6) is 5.75 Å². The molecule has 0 atom stereocenters. The van der Waals surface area contributed by atoms with Crippen LogP contribution >= 0.6 is 0 Å². The molecule has 0 spiro atoms. The van der Waals surface area contributed by atoms with Crippen LogP contribution in [0.3, 0.4) is 0 Å². The maximum atomic E-state index is 11.5. The van der Waals surface area contributed by atoms with Gasteiger partial charge in [-0.15, -0.1) is 0 Å². The quantitative estimate of drug-likeness (QED) is 0.612. The molecule has 0 saturated carbocycles. The van der Waals surface area contributed by atoms with E-state index in [9.17, 15) is 4.79 Å². The highest BCUT2D eigenvalue weighted by Gasteiger charge is 2.18. The number of nitrogens with one attached hydrogen (secondary N) is 1. The van der Waals surface area contributed by atoms with E-state index < -0.39 is 11.8 Å². The van der Waals surface area contributed by atoms with Crippen LogP contribution in [0.25, 0.3) is 0 Å². The molecule has 98 valence electrons. The molecule has 1 aliphatic rings. The van der Waals surface area contributed by atoms with Gasteiger partial charge < -0.3 is 14.8 Å². The van der Waals surface area contributed by atoms with Crippen molar-refractivity contribution in [3.8, 4) is 5.75 Å². The van der Waals surface area contributed by atoms with Crippen LogP contribution in [-0.2, 0) is 11.2 Å². The first-order valence-electron chi connectivity index (χ1n) is 6.22. The fourth-order valence-electron chi connectivity index (χ4n) is 1.88. The minimum absolute atomic E-state index is 0.534. The lowest BCUT2D eigenvalue weighted by Gasteiger charge is -2.20. The maximum absolute atomic E-state index is 11.5. The Morgan fingerprint density at radius 2 is 2.11 bits per heavy atom. The molecular weight excluding hydrogens is 230 g/mol. The smallest absolute Gasteiger partial charge is 0.428 e. The Hall–Kier alpha value is -1.71. The average molecular weight is 249 g/mol. The van der Waals surface area contributed by atoms with Gasteiger partial charge in [0.25, 0.3) is 0 Å². The second-order valence-corrected chi connectivity index (χ2v) is 5.42. The number of carbonyl (C=O) groups excluding carboxylic acids is 1. The Morgan fingerprint density at radius 1 is 1.33 bits per heavy atom. The number of rotatable bonds is 1. The van der Waals surface area contributed by atoms with Crippen LogP contribution in [0.2, 0.25) is 0 Å². The zero-order valence-corrected chi connectivity index (χ0v) is 11.1. The molecule has 0 fully saturated rings. The lowest BCUT2D eigenvalue weighted by atomic mass is 10.0. The second-order valence-electron chi connectivity index (χ2n) is 5.42. The third kappa shape index (κ3) is 3.39. The van der Waals surface area contributed by atoms with Gasteiger partial charge in [-0.05, 0) is 57.4 Å². The van der Waals surface area contributed by atoms with E-state index in [1.165, 1.54) is 5.56 Å². The number of ether oxygens (including phenoxy) is 2. The maximum Gasteiger partial charge on any atom is 0.514 e. The predicted octanol–water partition coefficient (Wildman–Crippen LogP) is 3.36. The van der Waals surface area contributed by atoms with E-state index >= 15 is 0 Å². The minimum atomic E-state index is -0.661. The summed E-state index contributed by atoms with van der Waals surface area (Å²) in [6.07, 6.45) is 1.45. The van der Waals surface area contributed by atoms with E-state index in [4.69, 9.17) is 9.47 Å². The summed E-state index contributed by atoms with van der Waals surface area (Å²) in [5.41, 5.74) is 1.77. The molecule has 1 aliphatic heterocycles. The van der Waals surface area contributed by atoms with Crippen molar-refractivity contribution in [1.29, 1.82) is 0 Å². The fourth-order valence-corrected chi connectivity index (χ4v) is 1.88. The first-order valence-corrected chi connectivity index (χ1v) is 6.22. The zero-order chi connectivity index (χ0) is 13.2. The van der Waals surface area contributed by atoms with Gasteiger partial charge in [-0.25, -0.2) is 4.79 Å². The van der Waals surface area contributed by atoms with Crippen molar-refractivity contribution < 1.29 is 14.3 Å². The highest BCUT2D eigenvalue weighted by molar-refractivity contribution is 5.65. The molecule has 18 heavy (non-hydrogen) atoms. The molecule has 1 aromatic carbocycles. The number of aryl methyl sites for hydroxylation is 1. The summed E-state index contributed by atoms with van der Waals surface area (Å²) in [7, 11) is 0. The van der Waals surface area contributed by atoms with E-state index in [0.717, 1.165) is 25.1 Å². The third-order valence-electron chi connectivity index (χ3n) is 2.61. The minimum Gasteiger partial charge on any atom is -0.428 e. The lowest BCUT2D eigenvalue weighted by Crippen LogP contribution is -2.26. The molecule has 0 unspecified atom stereocenters. The van der Waals surface area contributed by atoms with Gasteiger partial charge in [0.05, 0.1) is 0 Å². The van der Waals surface area contributed by atoms with E-state index in [2.05, 4.69) is 5.32 Å². The van der Waals surface area contributed by atoms with E-state index in [0.29, 0.717) is 5.75 Å². The standard InChI is InChI=1S/C14H19NO3/c1-14(2,3)18-13(16)17-11-6-7-12-10(9-11)5-4-8-15-12/h6-7,9,15H,4-5,8H2,1-3H3. The van der Waals surface area contributed by atoms with Gasteiger partial charge in [-0.1, -0.05) is 0 Å². The Labute approximate surface area is 107 Å². The van der Waals surface area contributed by atoms with Gasteiger partial charge in [0, 0.05) is 12.2 Å². The summed E-state index contributed by atoms with van der Waals surface area (Å²) >= 11 is 0. The van der Waals surface area contributed by atoms with E-state index in [-0.39, 0.29) is 0 Å². The number of carbonyl (C=O) groups is 1. The van der Waals surface area contributed by atoms with Crippen molar-refractivity contribution in [3.05, 3.63) is 23.8 Å². The summed E-state index contributed by atoms with van der Waals surface area (Å²) in [4.78, 5) is 11.5. The van der Waals surface area contributed by atoms with Crippen molar-refractivity contribution in [2.24, 2.45) is 0 Å². The van der Waals surface area contributed by atoms with Gasteiger partial charge in [0.15, 0.2) is 0 Å². The van der Waals surface area contributed by atoms with Crippen LogP contribution in [-0.4, -0.2) is 18.3 Å². The molecule has 1 heterocycles. The van der Waals surface area contributed by atoms with Crippen molar-refractivity contribution in [1.82, 2.24) is 0 Å². The van der Waals surface area contributed by atoms with Crippen LogP contribution in [0.15, 0.2) is 18.2 Å². The number of hydrogen-bond donors (Lipinski definition) is 1. The summed E-state index contributed by atoms with van der Waals surface area (Å²) < 4.78 is 10.3. The van der Waals surface area contributed by atoms with Crippen LogP contribution in [0.4, 0.5) is 10.5 Å². The van der Waals surface area contributed by atoms with Crippen molar-refractivity contribution in [2.75, 3.05) is 11.9 Å². The normalized spacial score (nSPS) is 14.4. The Balaban J connectivity index is 2.04. The molecule has 0 saturated heterocycles. The van der Waals surface area contributed by atoms with Gasteiger partial charge in [-0.2, -0.15) is 0 Å². The molecule has 0 radical (unpaired) electrons. The second kappa shape index (κ2) is 4.88. The molecule has 4 heteroatoms. The summed E-state index contributed by atoms with van der Waals surface area (Å²) in [6, 6.07) is 5.61. The highest BCUT2D eigenvalue weighted by Crippen LogP contribution is 2.26. The van der Waals surface area contributed by atoms with E-state index in [1.807, 2.05) is 32.9 Å². The van der Waals surface area contributed by atoms with Gasteiger partial charge >= 0.3 is 6.16 Å². The molecule has 0 bridgehead atoms. The van der Waals surface area contributed by atoms with Crippen molar-refractivity contribution in [3.63, 3.8) is 0 Å². The van der Waals surface area contributed by atoms with Gasteiger partial charge in [0.1, 0.15) is 11.4 Å².